The van der Waals surface area contributed by atoms with Crippen molar-refractivity contribution in [1.82, 2.24) is 10.3 Å². The molecule has 8 heteroatoms. The molecule has 1 aromatic carbocycles. The van der Waals surface area contributed by atoms with Crippen molar-refractivity contribution in [3.05, 3.63) is 58.1 Å². The Hall–Kier alpha value is -2.61. The SMILES string of the molecule is Cc1cc(C(F)(F)F)c2c(N)c(C(=O)NCCCc3ccccc3)sc2n1. The molecular formula is C19H18F3N3OS. The molecule has 0 fully saturated rings. The second-order valence-corrected chi connectivity index (χ2v) is 7.18. The highest BCUT2D eigenvalue weighted by atomic mass is 32.1. The van der Waals surface area contributed by atoms with Crippen molar-refractivity contribution in [1.29, 1.82) is 0 Å². The molecule has 0 radical (unpaired) electrons. The number of aryl methyl sites for hydroxylation is 2. The summed E-state index contributed by atoms with van der Waals surface area (Å²) in [5, 5.41) is 2.52. The van der Waals surface area contributed by atoms with Crippen LogP contribution in [0, 0.1) is 6.92 Å². The fourth-order valence-electron chi connectivity index (χ4n) is 2.86. The zero-order valence-electron chi connectivity index (χ0n) is 14.6. The third-order valence-electron chi connectivity index (χ3n) is 4.11. The molecule has 142 valence electrons. The predicted octanol–water partition coefficient (Wildman–Crippen LogP) is 4.57. The van der Waals surface area contributed by atoms with Gasteiger partial charge < -0.3 is 11.1 Å². The number of halogens is 3. The number of alkyl halides is 3. The van der Waals surface area contributed by atoms with E-state index < -0.39 is 17.6 Å². The monoisotopic (exact) mass is 393 g/mol. The van der Waals surface area contributed by atoms with Gasteiger partial charge in [-0.1, -0.05) is 30.3 Å². The molecule has 3 rings (SSSR count). The van der Waals surface area contributed by atoms with E-state index in [2.05, 4.69) is 10.3 Å². The Morgan fingerprint density at radius 3 is 2.63 bits per heavy atom. The number of hydrogen-bond acceptors (Lipinski definition) is 4. The first-order chi connectivity index (χ1) is 12.8. The Morgan fingerprint density at radius 1 is 1.26 bits per heavy atom. The number of hydrogen-bond donors (Lipinski definition) is 2. The van der Waals surface area contributed by atoms with Crippen molar-refractivity contribution < 1.29 is 18.0 Å². The molecule has 0 saturated heterocycles. The number of nitrogens with one attached hydrogen (secondary N) is 1. The summed E-state index contributed by atoms with van der Waals surface area (Å²) in [7, 11) is 0. The minimum absolute atomic E-state index is 0.0633. The summed E-state index contributed by atoms with van der Waals surface area (Å²) in [4.78, 5) is 16.7. The maximum atomic E-state index is 13.3. The largest absolute Gasteiger partial charge is 0.417 e. The van der Waals surface area contributed by atoms with Crippen LogP contribution >= 0.6 is 11.3 Å². The lowest BCUT2D eigenvalue weighted by atomic mass is 10.1. The summed E-state index contributed by atoms with van der Waals surface area (Å²) < 4.78 is 40.0. The highest BCUT2D eigenvalue weighted by molar-refractivity contribution is 7.21. The van der Waals surface area contributed by atoms with Crippen LogP contribution in [0.1, 0.15) is 32.9 Å². The second kappa shape index (κ2) is 7.56. The maximum Gasteiger partial charge on any atom is 0.417 e. The molecule has 27 heavy (non-hydrogen) atoms. The number of fused-ring (bicyclic) bond motifs is 1. The number of anilines is 1. The molecule has 0 bridgehead atoms. The normalized spacial score (nSPS) is 11.7. The smallest absolute Gasteiger partial charge is 0.397 e. The number of nitrogen functional groups attached to an aromatic ring is 1. The van der Waals surface area contributed by atoms with Crippen molar-refractivity contribution in [3.63, 3.8) is 0 Å². The first-order valence-corrected chi connectivity index (χ1v) is 9.18. The van der Waals surface area contributed by atoms with Gasteiger partial charge in [-0.15, -0.1) is 11.3 Å². The molecule has 2 heterocycles. The Labute approximate surface area is 158 Å². The highest BCUT2D eigenvalue weighted by Crippen LogP contribution is 2.42. The van der Waals surface area contributed by atoms with Crippen LogP contribution in [-0.4, -0.2) is 17.4 Å². The van der Waals surface area contributed by atoms with Crippen molar-refractivity contribution in [2.24, 2.45) is 0 Å². The second-order valence-electron chi connectivity index (χ2n) is 6.18. The highest BCUT2D eigenvalue weighted by Gasteiger charge is 2.35. The summed E-state index contributed by atoms with van der Waals surface area (Å²) in [5.74, 6) is -0.477. The van der Waals surface area contributed by atoms with E-state index in [9.17, 15) is 18.0 Å². The number of carbonyl (C=O) groups is 1. The van der Waals surface area contributed by atoms with Crippen LogP contribution in [-0.2, 0) is 12.6 Å². The first kappa shape index (κ1) is 19.2. The van der Waals surface area contributed by atoms with Crippen LogP contribution < -0.4 is 11.1 Å². The van der Waals surface area contributed by atoms with Gasteiger partial charge in [0.05, 0.1) is 11.3 Å². The quantitative estimate of drug-likeness (QED) is 0.624. The van der Waals surface area contributed by atoms with E-state index in [1.54, 1.807) is 0 Å². The molecule has 0 aliphatic heterocycles. The Morgan fingerprint density at radius 2 is 1.96 bits per heavy atom. The third-order valence-corrected chi connectivity index (χ3v) is 5.21. The average Bonchev–Trinajstić information content (AvgIpc) is 2.94. The number of aromatic nitrogens is 1. The van der Waals surface area contributed by atoms with Gasteiger partial charge in [-0.2, -0.15) is 13.2 Å². The Kier molecular flexibility index (Phi) is 5.36. The number of benzene rings is 1. The number of rotatable bonds is 5. The van der Waals surface area contributed by atoms with E-state index in [0.717, 1.165) is 29.4 Å². The number of carbonyl (C=O) groups excluding carboxylic acids is 1. The Bertz CT molecular complexity index is 968. The van der Waals surface area contributed by atoms with Gasteiger partial charge in [0.15, 0.2) is 0 Å². The van der Waals surface area contributed by atoms with Crippen LogP contribution in [0.3, 0.4) is 0 Å². The van der Waals surface area contributed by atoms with Gasteiger partial charge >= 0.3 is 6.18 Å². The fraction of sp³-hybridized carbons (Fsp3) is 0.263. The molecule has 1 amide bonds. The number of nitrogens with two attached hydrogens (primary N) is 1. The summed E-state index contributed by atoms with van der Waals surface area (Å²) in [5.41, 5.74) is 6.24. The Balaban J connectivity index is 1.76. The minimum atomic E-state index is -4.56. The van der Waals surface area contributed by atoms with E-state index in [0.29, 0.717) is 13.0 Å². The standard InChI is InChI=1S/C19H18F3N3OS/c1-11-10-13(19(20,21)22)14-15(23)16(27-18(14)25-11)17(26)24-9-5-8-12-6-3-2-4-7-12/h2-4,6-7,10H,5,8-9,23H2,1H3,(H,24,26). The first-order valence-electron chi connectivity index (χ1n) is 8.36. The lowest BCUT2D eigenvalue weighted by Crippen LogP contribution is -2.24. The van der Waals surface area contributed by atoms with Crippen LogP contribution in [0.4, 0.5) is 18.9 Å². The van der Waals surface area contributed by atoms with E-state index >= 15 is 0 Å². The molecule has 0 unspecified atom stereocenters. The number of nitrogens with zero attached hydrogens (tertiary/aromatic N) is 1. The molecule has 2 aromatic heterocycles. The molecule has 3 N–H and O–H groups in total. The van der Waals surface area contributed by atoms with E-state index in [1.807, 2.05) is 30.3 Å². The average molecular weight is 393 g/mol. The van der Waals surface area contributed by atoms with E-state index in [1.165, 1.54) is 6.92 Å². The predicted molar refractivity (Wildman–Crippen MR) is 101 cm³/mol. The van der Waals surface area contributed by atoms with Crippen molar-refractivity contribution >= 4 is 33.1 Å². The van der Waals surface area contributed by atoms with Gasteiger partial charge in [0, 0.05) is 17.6 Å². The van der Waals surface area contributed by atoms with E-state index in [4.69, 9.17) is 5.73 Å². The number of thiophene rings is 1. The van der Waals surface area contributed by atoms with Crippen LogP contribution in [0.5, 0.6) is 0 Å². The molecule has 0 saturated carbocycles. The van der Waals surface area contributed by atoms with Gasteiger partial charge in [-0.25, -0.2) is 4.98 Å². The maximum absolute atomic E-state index is 13.3. The van der Waals surface area contributed by atoms with E-state index in [-0.39, 0.29) is 26.5 Å². The van der Waals surface area contributed by atoms with Gasteiger partial charge in [-0.05, 0) is 31.4 Å². The summed E-state index contributed by atoms with van der Waals surface area (Å²) >= 11 is 0.883. The molecule has 0 aliphatic rings. The number of pyridine rings is 1. The van der Waals surface area contributed by atoms with Gasteiger partial charge in [0.1, 0.15) is 9.71 Å². The van der Waals surface area contributed by atoms with Gasteiger partial charge in [0.2, 0.25) is 0 Å². The summed E-state index contributed by atoms with van der Waals surface area (Å²) in [6.45, 7) is 1.88. The topological polar surface area (TPSA) is 68.0 Å². The fourth-order valence-corrected chi connectivity index (χ4v) is 3.94. The molecule has 0 aliphatic carbocycles. The summed E-state index contributed by atoms with van der Waals surface area (Å²) in [6, 6.07) is 10.8. The third kappa shape index (κ3) is 4.21. The van der Waals surface area contributed by atoms with Crippen molar-refractivity contribution in [2.75, 3.05) is 12.3 Å². The molecular weight excluding hydrogens is 375 g/mol. The summed E-state index contributed by atoms with van der Waals surface area (Å²) in [6.07, 6.45) is -3.06. The van der Waals surface area contributed by atoms with Gasteiger partial charge in [0.25, 0.3) is 5.91 Å². The van der Waals surface area contributed by atoms with Crippen LogP contribution in [0.15, 0.2) is 36.4 Å². The van der Waals surface area contributed by atoms with Crippen LogP contribution in [0.25, 0.3) is 10.2 Å². The van der Waals surface area contributed by atoms with Gasteiger partial charge in [-0.3, -0.25) is 4.79 Å². The number of amides is 1. The molecule has 3 aromatic rings. The molecule has 4 nitrogen and oxygen atoms in total. The van der Waals surface area contributed by atoms with Crippen molar-refractivity contribution in [3.8, 4) is 0 Å². The lowest BCUT2D eigenvalue weighted by Gasteiger charge is -2.09. The zero-order valence-corrected chi connectivity index (χ0v) is 15.4. The molecule has 0 atom stereocenters. The lowest BCUT2D eigenvalue weighted by molar-refractivity contribution is -0.136. The molecule has 0 spiro atoms. The van der Waals surface area contributed by atoms with Crippen molar-refractivity contribution in [2.45, 2.75) is 25.9 Å². The van der Waals surface area contributed by atoms with Crippen LogP contribution in [0.2, 0.25) is 0 Å². The zero-order chi connectivity index (χ0) is 19.6. The minimum Gasteiger partial charge on any atom is -0.397 e.